The van der Waals surface area contributed by atoms with Crippen LogP contribution in [0.1, 0.15) is 54.9 Å². The van der Waals surface area contributed by atoms with Crippen LogP contribution in [0.25, 0.3) is 0 Å². The fourth-order valence-electron chi connectivity index (χ4n) is 4.85. The molecule has 0 spiro atoms. The summed E-state index contributed by atoms with van der Waals surface area (Å²) in [4.78, 5) is 4.60. The summed E-state index contributed by atoms with van der Waals surface area (Å²) in [6, 6.07) is 18.0. The smallest absolute Gasteiger partial charge is 0.231 e. The van der Waals surface area contributed by atoms with Gasteiger partial charge in [-0.1, -0.05) is 67.3 Å². The van der Waals surface area contributed by atoms with E-state index < -0.39 is 5.60 Å². The Hall–Kier alpha value is -2.15. The summed E-state index contributed by atoms with van der Waals surface area (Å²) in [7, 11) is 4.32. The zero-order valence-corrected chi connectivity index (χ0v) is 22.1. The molecule has 1 aliphatic carbocycles. The molecular formula is C28H37BrN2O3. The standard InChI is InChI=1S/C28H37N2O3.BrH/c1-22-14-16-25(17-15-22)32-19-18-30(2,3)21-26-20-29-27(33-26)28(31,23-10-6-4-7-11-23)24-12-8-5-9-13-24;/h4,6-7,10-11,14-17,20,24,31H,5,8-9,12-13,18-19,21H2,1-3H3;1H/q+1;/p-1/t28-;/m0./s1. The lowest BCUT2D eigenvalue weighted by atomic mass is 9.73. The third-order valence-electron chi connectivity index (χ3n) is 6.86. The van der Waals surface area contributed by atoms with E-state index in [-0.39, 0.29) is 22.9 Å². The third-order valence-corrected chi connectivity index (χ3v) is 6.86. The first-order valence-corrected chi connectivity index (χ1v) is 12.1. The third kappa shape index (κ3) is 6.29. The van der Waals surface area contributed by atoms with Crippen molar-refractivity contribution in [3.63, 3.8) is 0 Å². The van der Waals surface area contributed by atoms with Gasteiger partial charge in [0.25, 0.3) is 0 Å². The van der Waals surface area contributed by atoms with E-state index in [0.29, 0.717) is 23.5 Å². The van der Waals surface area contributed by atoms with E-state index in [1.807, 2.05) is 42.5 Å². The fourth-order valence-corrected chi connectivity index (χ4v) is 4.85. The lowest BCUT2D eigenvalue weighted by Crippen LogP contribution is -3.00. The van der Waals surface area contributed by atoms with E-state index in [9.17, 15) is 5.11 Å². The number of benzene rings is 2. The van der Waals surface area contributed by atoms with Gasteiger partial charge in [-0.3, -0.25) is 0 Å². The molecule has 1 atom stereocenters. The summed E-state index contributed by atoms with van der Waals surface area (Å²) >= 11 is 0. The first-order valence-electron chi connectivity index (χ1n) is 12.1. The summed E-state index contributed by atoms with van der Waals surface area (Å²) in [6.45, 7) is 4.20. The maximum absolute atomic E-state index is 12.0. The van der Waals surface area contributed by atoms with E-state index in [2.05, 4.69) is 38.1 Å². The van der Waals surface area contributed by atoms with E-state index in [4.69, 9.17) is 9.15 Å². The average molecular weight is 530 g/mol. The molecule has 1 N–H and O–H groups in total. The highest BCUT2D eigenvalue weighted by molar-refractivity contribution is 5.30. The molecule has 0 unspecified atom stereocenters. The second kappa shape index (κ2) is 11.5. The Labute approximate surface area is 214 Å². The van der Waals surface area contributed by atoms with Crippen molar-refractivity contribution in [2.75, 3.05) is 27.2 Å². The van der Waals surface area contributed by atoms with Crippen molar-refractivity contribution in [2.45, 2.75) is 51.2 Å². The van der Waals surface area contributed by atoms with Crippen LogP contribution >= 0.6 is 0 Å². The van der Waals surface area contributed by atoms with Crippen LogP contribution in [0.4, 0.5) is 0 Å². The summed E-state index contributed by atoms with van der Waals surface area (Å²) < 4.78 is 12.9. The predicted octanol–water partition coefficient (Wildman–Crippen LogP) is 2.46. The van der Waals surface area contributed by atoms with Crippen molar-refractivity contribution in [3.05, 3.63) is 83.6 Å². The van der Waals surface area contributed by atoms with Gasteiger partial charge in [0, 0.05) is 5.92 Å². The number of aromatic nitrogens is 1. The highest BCUT2D eigenvalue weighted by Gasteiger charge is 2.44. The molecule has 1 aromatic heterocycles. The number of quaternary nitrogens is 1. The molecule has 1 saturated carbocycles. The van der Waals surface area contributed by atoms with Crippen molar-refractivity contribution in [3.8, 4) is 5.75 Å². The summed E-state index contributed by atoms with van der Waals surface area (Å²) in [5, 5.41) is 12.0. The molecule has 0 radical (unpaired) electrons. The van der Waals surface area contributed by atoms with Crippen LogP contribution in [0.2, 0.25) is 0 Å². The lowest BCUT2D eigenvalue weighted by molar-refractivity contribution is -0.904. The fraction of sp³-hybridized carbons (Fsp3) is 0.464. The Morgan fingerprint density at radius 1 is 1.03 bits per heavy atom. The van der Waals surface area contributed by atoms with E-state index in [1.54, 1.807) is 6.20 Å². The minimum atomic E-state index is -1.19. The van der Waals surface area contributed by atoms with Crippen LogP contribution in [-0.2, 0) is 12.1 Å². The van der Waals surface area contributed by atoms with Crippen molar-refractivity contribution < 1.29 is 35.7 Å². The summed E-state index contributed by atoms with van der Waals surface area (Å²) in [5.74, 6) is 2.22. The summed E-state index contributed by atoms with van der Waals surface area (Å²) in [5.41, 5.74) is 0.903. The quantitative estimate of drug-likeness (QED) is 0.433. The van der Waals surface area contributed by atoms with Crippen molar-refractivity contribution in [1.82, 2.24) is 4.98 Å². The van der Waals surface area contributed by atoms with Gasteiger partial charge in [0.1, 0.15) is 25.4 Å². The lowest BCUT2D eigenvalue weighted by Gasteiger charge is -2.36. The van der Waals surface area contributed by atoms with Gasteiger partial charge in [-0.15, -0.1) is 0 Å². The largest absolute Gasteiger partial charge is 1.00 e. The second-order valence-corrected chi connectivity index (χ2v) is 10.1. The highest BCUT2D eigenvalue weighted by Crippen LogP contribution is 2.43. The number of halogens is 1. The number of aliphatic hydroxyl groups is 1. The van der Waals surface area contributed by atoms with Gasteiger partial charge in [-0.05, 0) is 37.5 Å². The van der Waals surface area contributed by atoms with Crippen LogP contribution in [0.3, 0.4) is 0 Å². The number of oxazole rings is 1. The molecule has 1 fully saturated rings. The van der Waals surface area contributed by atoms with E-state index >= 15 is 0 Å². The second-order valence-electron chi connectivity index (χ2n) is 10.1. The van der Waals surface area contributed by atoms with Gasteiger partial charge in [0.05, 0.1) is 20.3 Å². The normalized spacial score (nSPS) is 16.5. The number of ether oxygens (including phenoxy) is 1. The number of nitrogens with zero attached hydrogens (tertiary/aromatic N) is 2. The molecule has 1 aliphatic rings. The Morgan fingerprint density at radius 3 is 2.38 bits per heavy atom. The summed E-state index contributed by atoms with van der Waals surface area (Å²) in [6.07, 6.45) is 7.26. The van der Waals surface area contributed by atoms with Crippen LogP contribution in [-0.4, -0.2) is 41.8 Å². The van der Waals surface area contributed by atoms with Crippen molar-refractivity contribution >= 4 is 0 Å². The molecule has 184 valence electrons. The molecule has 0 saturated heterocycles. The average Bonchev–Trinajstić information content (AvgIpc) is 3.29. The van der Waals surface area contributed by atoms with Gasteiger partial charge in [-0.25, -0.2) is 4.98 Å². The SMILES string of the molecule is Cc1ccc(OCC[N+](C)(C)Cc2cnc([C@](O)(c3ccccc3)C3CCCCC3)o2)cc1.[Br-]. The zero-order chi connectivity index (χ0) is 23.3. The van der Waals surface area contributed by atoms with Gasteiger partial charge in [-0.2, -0.15) is 0 Å². The number of likely N-dealkylation sites (N-methyl/N-ethyl adjacent to an activating group) is 1. The first-order chi connectivity index (χ1) is 15.9. The van der Waals surface area contributed by atoms with Gasteiger partial charge < -0.3 is 35.7 Å². The van der Waals surface area contributed by atoms with Crippen LogP contribution in [0.15, 0.2) is 65.2 Å². The zero-order valence-electron chi connectivity index (χ0n) is 20.5. The molecule has 1 heterocycles. The molecule has 34 heavy (non-hydrogen) atoms. The Balaban J connectivity index is 0.00000324. The topological polar surface area (TPSA) is 55.5 Å². The molecular weight excluding hydrogens is 492 g/mol. The van der Waals surface area contributed by atoms with E-state index in [1.165, 1.54) is 12.0 Å². The van der Waals surface area contributed by atoms with Gasteiger partial charge in [0.2, 0.25) is 5.89 Å². The number of hydrogen-bond donors (Lipinski definition) is 1. The van der Waals surface area contributed by atoms with Gasteiger partial charge in [0.15, 0.2) is 11.4 Å². The molecule has 2 aromatic carbocycles. The van der Waals surface area contributed by atoms with E-state index in [0.717, 1.165) is 49.3 Å². The monoisotopic (exact) mass is 528 g/mol. The Kier molecular flexibility index (Phi) is 8.96. The Morgan fingerprint density at radius 2 is 1.71 bits per heavy atom. The van der Waals surface area contributed by atoms with Crippen molar-refractivity contribution in [1.29, 1.82) is 0 Å². The highest BCUT2D eigenvalue weighted by atomic mass is 79.9. The molecule has 0 aliphatic heterocycles. The molecule has 6 heteroatoms. The van der Waals surface area contributed by atoms with Crippen LogP contribution in [0.5, 0.6) is 5.75 Å². The van der Waals surface area contributed by atoms with Crippen LogP contribution < -0.4 is 21.7 Å². The molecule has 0 bridgehead atoms. The van der Waals surface area contributed by atoms with Crippen molar-refractivity contribution in [2.24, 2.45) is 5.92 Å². The van der Waals surface area contributed by atoms with Gasteiger partial charge >= 0.3 is 0 Å². The minimum absolute atomic E-state index is 0. The number of hydrogen-bond acceptors (Lipinski definition) is 4. The maximum Gasteiger partial charge on any atom is 0.231 e. The first kappa shape index (κ1) is 26.5. The maximum atomic E-state index is 12.0. The molecule has 5 nitrogen and oxygen atoms in total. The predicted molar refractivity (Wildman–Crippen MR) is 130 cm³/mol. The van der Waals surface area contributed by atoms with Crippen LogP contribution in [0, 0.1) is 12.8 Å². The number of aryl methyl sites for hydroxylation is 1. The molecule has 3 aromatic rings. The Bertz CT molecular complexity index is 1010. The molecule has 0 amide bonds. The number of rotatable bonds is 9. The minimum Gasteiger partial charge on any atom is -1.00 e. The molecule has 4 rings (SSSR count).